The van der Waals surface area contributed by atoms with Gasteiger partial charge in [-0.25, -0.2) is 4.39 Å². The van der Waals surface area contributed by atoms with Crippen molar-refractivity contribution >= 4 is 10.8 Å². The highest BCUT2D eigenvalue weighted by Crippen LogP contribution is 2.54. The first-order chi connectivity index (χ1) is 16.9. The van der Waals surface area contributed by atoms with Crippen LogP contribution in [-0.4, -0.2) is 30.6 Å². The van der Waals surface area contributed by atoms with Crippen molar-refractivity contribution in [1.29, 1.82) is 5.26 Å². The molecule has 1 aliphatic rings. The Morgan fingerprint density at radius 2 is 1.80 bits per heavy atom. The van der Waals surface area contributed by atoms with Crippen molar-refractivity contribution in [2.75, 3.05) is 20.6 Å². The summed E-state index contributed by atoms with van der Waals surface area (Å²) >= 11 is 0. The third-order valence-corrected chi connectivity index (χ3v) is 6.87. The molecule has 0 saturated carbocycles. The minimum atomic E-state index is -0.846. The molecule has 2 unspecified atom stereocenters. The number of phenolic OH excluding ortho intramolecular Hbond substituents is 1. The third kappa shape index (κ3) is 4.05. The van der Waals surface area contributed by atoms with E-state index in [2.05, 4.69) is 11.0 Å². The van der Waals surface area contributed by atoms with E-state index >= 15 is 0 Å². The minimum Gasteiger partial charge on any atom is -0.508 e. The first-order valence-electron chi connectivity index (χ1n) is 11.8. The predicted octanol–water partition coefficient (Wildman–Crippen LogP) is 6.26. The van der Waals surface area contributed by atoms with Gasteiger partial charge in [-0.3, -0.25) is 0 Å². The van der Waals surface area contributed by atoms with Crippen molar-refractivity contribution in [2.24, 2.45) is 0 Å². The molecule has 5 heteroatoms. The summed E-state index contributed by atoms with van der Waals surface area (Å²) in [5.74, 6) is -0.163. The third-order valence-electron chi connectivity index (χ3n) is 6.87. The second-order valence-corrected chi connectivity index (χ2v) is 9.37. The fourth-order valence-corrected chi connectivity index (χ4v) is 5.24. The van der Waals surface area contributed by atoms with Gasteiger partial charge in [0.15, 0.2) is 0 Å². The Labute approximate surface area is 204 Å². The monoisotopic (exact) mass is 466 g/mol. The predicted molar refractivity (Wildman–Crippen MR) is 135 cm³/mol. The van der Waals surface area contributed by atoms with Gasteiger partial charge in [0.1, 0.15) is 23.3 Å². The Hall–Kier alpha value is -3.72. The van der Waals surface area contributed by atoms with E-state index < -0.39 is 11.7 Å². The quantitative estimate of drug-likeness (QED) is 0.364. The first kappa shape index (κ1) is 23.0. The zero-order valence-corrected chi connectivity index (χ0v) is 19.8. The molecule has 35 heavy (non-hydrogen) atoms. The number of ether oxygens (including phenoxy) is 1. The van der Waals surface area contributed by atoms with E-state index in [0.29, 0.717) is 17.5 Å². The highest BCUT2D eigenvalue weighted by molar-refractivity contribution is 5.88. The Bertz CT molecular complexity index is 1420. The molecule has 4 nitrogen and oxygen atoms in total. The molecular formula is C30H27FN2O2. The molecule has 0 aromatic heterocycles. The van der Waals surface area contributed by atoms with Crippen LogP contribution in [0.3, 0.4) is 0 Å². The van der Waals surface area contributed by atoms with Crippen LogP contribution in [-0.2, 0) is 10.3 Å². The molecule has 0 aliphatic carbocycles. The smallest absolute Gasteiger partial charge is 0.123 e. The van der Waals surface area contributed by atoms with Gasteiger partial charge in [-0.2, -0.15) is 5.26 Å². The molecular weight excluding hydrogens is 439 g/mol. The lowest BCUT2D eigenvalue weighted by Gasteiger charge is -2.32. The van der Waals surface area contributed by atoms with Gasteiger partial charge in [0.05, 0.1) is 11.6 Å². The van der Waals surface area contributed by atoms with Crippen molar-refractivity contribution in [3.63, 3.8) is 0 Å². The molecule has 0 amide bonds. The molecule has 2 atom stereocenters. The number of nitrogens with zero attached hydrogens (tertiary/aromatic N) is 2. The molecule has 1 aliphatic heterocycles. The average Bonchev–Trinajstić information content (AvgIpc) is 3.18. The Morgan fingerprint density at radius 1 is 1.03 bits per heavy atom. The summed E-state index contributed by atoms with van der Waals surface area (Å²) in [5.41, 5.74) is 3.01. The summed E-state index contributed by atoms with van der Waals surface area (Å²) in [4.78, 5) is 2.13. The first-order valence-corrected chi connectivity index (χ1v) is 11.8. The zero-order valence-electron chi connectivity index (χ0n) is 19.8. The van der Waals surface area contributed by atoms with E-state index in [1.54, 1.807) is 24.3 Å². The number of nitriles is 1. The number of hydrogen-bond donors (Lipinski definition) is 1. The lowest BCUT2D eigenvalue weighted by molar-refractivity contribution is -0.0390. The standard InChI is InChI=1S/C30H27FN2O2/c1-33(2)17-5-16-30(22-10-12-23(31)13-11-22)26-14-8-20(19-32)18-25(26)29(35-30)28-24-7-4-3-6-21(24)9-15-27(28)34/h3-4,6-15,18,29,34H,5,16-17H2,1-2H3. The van der Waals surface area contributed by atoms with Crippen LogP contribution in [0.1, 0.15) is 46.8 Å². The maximum absolute atomic E-state index is 13.9. The summed E-state index contributed by atoms with van der Waals surface area (Å²) in [6, 6.07) is 25.8. The zero-order chi connectivity index (χ0) is 24.6. The number of hydrogen-bond acceptors (Lipinski definition) is 4. The van der Waals surface area contributed by atoms with Gasteiger partial charge in [-0.05, 0) is 91.3 Å². The number of phenols is 1. The number of halogens is 1. The van der Waals surface area contributed by atoms with Crippen molar-refractivity contribution in [3.8, 4) is 11.8 Å². The van der Waals surface area contributed by atoms with Crippen molar-refractivity contribution in [2.45, 2.75) is 24.5 Å². The summed E-state index contributed by atoms with van der Waals surface area (Å²) in [6.07, 6.45) is 0.921. The van der Waals surface area contributed by atoms with Crippen LogP contribution >= 0.6 is 0 Å². The van der Waals surface area contributed by atoms with Gasteiger partial charge in [0, 0.05) is 5.56 Å². The molecule has 4 aromatic carbocycles. The van der Waals surface area contributed by atoms with Gasteiger partial charge in [0.2, 0.25) is 0 Å². The Kier molecular flexibility index (Phi) is 6.02. The minimum absolute atomic E-state index is 0.144. The number of aromatic hydroxyl groups is 1. The average molecular weight is 467 g/mol. The maximum atomic E-state index is 13.9. The van der Waals surface area contributed by atoms with E-state index in [0.717, 1.165) is 40.4 Å². The van der Waals surface area contributed by atoms with Crippen molar-refractivity contribution < 1.29 is 14.2 Å². The summed E-state index contributed by atoms with van der Waals surface area (Å²) < 4.78 is 20.9. The van der Waals surface area contributed by atoms with E-state index in [1.807, 2.05) is 56.6 Å². The Morgan fingerprint density at radius 3 is 2.54 bits per heavy atom. The van der Waals surface area contributed by atoms with Crippen LogP contribution in [0.15, 0.2) is 78.9 Å². The van der Waals surface area contributed by atoms with Crippen LogP contribution in [0, 0.1) is 17.1 Å². The molecule has 176 valence electrons. The van der Waals surface area contributed by atoms with Crippen LogP contribution in [0.4, 0.5) is 4.39 Å². The summed E-state index contributed by atoms with van der Waals surface area (Å²) in [5, 5.41) is 22.6. The summed E-state index contributed by atoms with van der Waals surface area (Å²) in [6.45, 7) is 0.863. The van der Waals surface area contributed by atoms with Crippen LogP contribution in [0.2, 0.25) is 0 Å². The highest BCUT2D eigenvalue weighted by Gasteiger charge is 2.47. The number of benzene rings is 4. The van der Waals surface area contributed by atoms with Crippen molar-refractivity contribution in [3.05, 3.63) is 112 Å². The fourth-order valence-electron chi connectivity index (χ4n) is 5.24. The molecule has 4 aromatic rings. The lowest BCUT2D eigenvalue weighted by atomic mass is 9.81. The van der Waals surface area contributed by atoms with Gasteiger partial charge in [-0.15, -0.1) is 0 Å². The molecule has 0 saturated heterocycles. The fraction of sp³-hybridized carbons (Fsp3) is 0.233. The largest absolute Gasteiger partial charge is 0.508 e. The topological polar surface area (TPSA) is 56.5 Å². The molecule has 5 rings (SSSR count). The van der Waals surface area contributed by atoms with Gasteiger partial charge in [0.25, 0.3) is 0 Å². The molecule has 0 bridgehead atoms. The Balaban J connectivity index is 1.75. The molecule has 1 N–H and O–H groups in total. The van der Waals surface area contributed by atoms with Crippen LogP contribution in [0.25, 0.3) is 10.8 Å². The van der Waals surface area contributed by atoms with Crippen LogP contribution < -0.4 is 0 Å². The molecule has 1 heterocycles. The van der Waals surface area contributed by atoms with Gasteiger partial charge in [-0.1, -0.05) is 48.5 Å². The number of rotatable bonds is 6. The second-order valence-electron chi connectivity index (χ2n) is 9.37. The highest BCUT2D eigenvalue weighted by atomic mass is 19.1. The van der Waals surface area contributed by atoms with E-state index in [-0.39, 0.29) is 11.6 Å². The van der Waals surface area contributed by atoms with Crippen molar-refractivity contribution in [1.82, 2.24) is 4.90 Å². The number of fused-ring (bicyclic) bond motifs is 2. The summed E-state index contributed by atoms with van der Waals surface area (Å²) in [7, 11) is 4.06. The van der Waals surface area contributed by atoms with E-state index in [9.17, 15) is 14.8 Å². The van der Waals surface area contributed by atoms with Crippen LogP contribution in [0.5, 0.6) is 5.75 Å². The van der Waals surface area contributed by atoms with Gasteiger partial charge < -0.3 is 14.7 Å². The lowest BCUT2D eigenvalue weighted by Crippen LogP contribution is -2.29. The second kappa shape index (κ2) is 9.14. The molecule has 0 radical (unpaired) electrons. The van der Waals surface area contributed by atoms with E-state index in [4.69, 9.17) is 4.74 Å². The van der Waals surface area contributed by atoms with Gasteiger partial charge >= 0.3 is 0 Å². The van der Waals surface area contributed by atoms with E-state index in [1.165, 1.54) is 12.1 Å². The SMILES string of the molecule is CN(C)CCCC1(c2ccc(F)cc2)OC(c2c(O)ccc3ccccc23)c2cc(C#N)ccc21. The normalized spacial score (nSPS) is 19.1. The molecule has 0 spiro atoms. The molecule has 0 fully saturated rings. The maximum Gasteiger partial charge on any atom is 0.123 e.